The number of aliphatic hydroxyl groups excluding tert-OH is 1. The van der Waals surface area contributed by atoms with Crippen LogP contribution in [0.5, 0.6) is 5.75 Å². The van der Waals surface area contributed by atoms with E-state index in [0.717, 1.165) is 0 Å². The molecule has 2 atom stereocenters. The van der Waals surface area contributed by atoms with E-state index in [1.165, 1.54) is 17.0 Å². The van der Waals surface area contributed by atoms with Crippen LogP contribution in [-0.4, -0.2) is 46.4 Å². The number of β-amino-alcohol motifs (C(OH)–C–C–N with tert-alkyl or cyclic N) is 1. The van der Waals surface area contributed by atoms with Gasteiger partial charge in [-0.15, -0.1) is 0 Å². The Morgan fingerprint density at radius 2 is 2.19 bits per heavy atom. The third-order valence-electron chi connectivity index (χ3n) is 2.60. The number of phenols is 1. The molecule has 0 bridgehead atoms. The van der Waals surface area contributed by atoms with Crippen LogP contribution in [-0.2, 0) is 0 Å². The van der Waals surface area contributed by atoms with Gasteiger partial charge in [0.1, 0.15) is 18.0 Å². The van der Waals surface area contributed by atoms with Crippen LogP contribution in [0.3, 0.4) is 0 Å². The summed E-state index contributed by atoms with van der Waals surface area (Å²) in [5.74, 6) is -0.391. The quantitative estimate of drug-likeness (QED) is 0.733. The highest BCUT2D eigenvalue weighted by atomic mass is 19.1. The number of carbonyl (C=O) groups is 1. The van der Waals surface area contributed by atoms with Crippen molar-refractivity contribution in [2.45, 2.75) is 12.3 Å². The van der Waals surface area contributed by atoms with Gasteiger partial charge < -0.3 is 15.1 Å². The van der Waals surface area contributed by atoms with Crippen LogP contribution in [0, 0.1) is 0 Å². The number of rotatable bonds is 1. The third-order valence-corrected chi connectivity index (χ3v) is 2.60. The zero-order valence-corrected chi connectivity index (χ0v) is 8.51. The van der Waals surface area contributed by atoms with E-state index in [0.29, 0.717) is 5.56 Å². The Hall–Kier alpha value is -1.62. The summed E-state index contributed by atoms with van der Waals surface area (Å²) < 4.78 is 13.0. The molecule has 5 heteroatoms. The van der Waals surface area contributed by atoms with Crippen molar-refractivity contribution in [1.29, 1.82) is 0 Å². The van der Waals surface area contributed by atoms with E-state index in [-0.39, 0.29) is 24.7 Å². The molecule has 0 radical (unpaired) electrons. The lowest BCUT2D eigenvalue weighted by molar-refractivity contribution is 0.0764. The van der Waals surface area contributed by atoms with Crippen LogP contribution < -0.4 is 0 Å². The summed E-state index contributed by atoms with van der Waals surface area (Å²) in [7, 11) is 0. The predicted molar refractivity (Wildman–Crippen MR) is 54.9 cm³/mol. The summed E-state index contributed by atoms with van der Waals surface area (Å²) in [5, 5.41) is 18.4. The number of carbonyl (C=O) groups excluding carboxylic acids is 1. The lowest BCUT2D eigenvalue weighted by Gasteiger charge is -2.15. The maximum atomic E-state index is 13.0. The maximum absolute atomic E-state index is 13.0. The first-order chi connectivity index (χ1) is 7.58. The van der Waals surface area contributed by atoms with Crippen LogP contribution in [0.1, 0.15) is 10.4 Å². The first-order valence-corrected chi connectivity index (χ1v) is 4.98. The molecule has 1 aliphatic rings. The number of hydrogen-bond donors (Lipinski definition) is 2. The first kappa shape index (κ1) is 10.9. The molecule has 2 N–H and O–H groups in total. The van der Waals surface area contributed by atoms with Crippen LogP contribution >= 0.6 is 0 Å². The Morgan fingerprint density at radius 1 is 1.44 bits per heavy atom. The minimum Gasteiger partial charge on any atom is -0.508 e. The van der Waals surface area contributed by atoms with Gasteiger partial charge in [-0.2, -0.15) is 0 Å². The molecule has 1 aromatic rings. The Labute approximate surface area is 91.9 Å². The molecule has 4 nitrogen and oxygen atoms in total. The van der Waals surface area contributed by atoms with Gasteiger partial charge in [0.25, 0.3) is 5.91 Å². The summed E-state index contributed by atoms with van der Waals surface area (Å²) in [5.41, 5.74) is 0.293. The number of aromatic hydroxyl groups is 1. The van der Waals surface area contributed by atoms with Gasteiger partial charge in [0.05, 0.1) is 6.54 Å². The minimum atomic E-state index is -1.39. The van der Waals surface area contributed by atoms with Gasteiger partial charge >= 0.3 is 0 Å². The summed E-state index contributed by atoms with van der Waals surface area (Å²) in [6.07, 6.45) is -2.50. The van der Waals surface area contributed by atoms with Gasteiger partial charge in [-0.3, -0.25) is 4.79 Å². The zero-order valence-electron chi connectivity index (χ0n) is 8.51. The zero-order chi connectivity index (χ0) is 11.7. The average molecular weight is 225 g/mol. The number of halogens is 1. The van der Waals surface area contributed by atoms with E-state index in [1.54, 1.807) is 12.1 Å². The average Bonchev–Trinajstić information content (AvgIpc) is 2.58. The SMILES string of the molecule is O=C(c1cccc(O)c1)N1C[C@@H](O)[C@H](F)C1. The first-order valence-electron chi connectivity index (χ1n) is 4.98. The Bertz CT molecular complexity index is 400. The Kier molecular flexibility index (Phi) is 2.78. The molecule has 1 heterocycles. The smallest absolute Gasteiger partial charge is 0.254 e. The Morgan fingerprint density at radius 3 is 2.75 bits per heavy atom. The highest BCUT2D eigenvalue weighted by molar-refractivity contribution is 5.94. The number of hydrogen-bond acceptors (Lipinski definition) is 3. The summed E-state index contributed by atoms with van der Waals surface area (Å²) in [6, 6.07) is 5.86. The van der Waals surface area contributed by atoms with E-state index in [9.17, 15) is 19.4 Å². The predicted octanol–water partition coefficient (Wildman–Crippen LogP) is 0.547. The van der Waals surface area contributed by atoms with Gasteiger partial charge in [0.15, 0.2) is 0 Å². The molecule has 0 aromatic heterocycles. The van der Waals surface area contributed by atoms with Crippen molar-refractivity contribution in [3.05, 3.63) is 29.8 Å². The van der Waals surface area contributed by atoms with Crippen molar-refractivity contribution in [2.75, 3.05) is 13.1 Å². The number of aliphatic hydroxyl groups is 1. The van der Waals surface area contributed by atoms with E-state index < -0.39 is 12.3 Å². The second-order valence-corrected chi connectivity index (χ2v) is 3.84. The molecular weight excluding hydrogens is 213 g/mol. The third kappa shape index (κ3) is 1.99. The van der Waals surface area contributed by atoms with Crippen LogP contribution in [0.15, 0.2) is 24.3 Å². The highest BCUT2D eigenvalue weighted by Crippen LogP contribution is 2.18. The fraction of sp³-hybridized carbons (Fsp3) is 0.364. The van der Waals surface area contributed by atoms with Crippen LogP contribution in [0.25, 0.3) is 0 Å². The number of likely N-dealkylation sites (tertiary alicyclic amines) is 1. The second kappa shape index (κ2) is 4.09. The van der Waals surface area contributed by atoms with Crippen molar-refractivity contribution in [1.82, 2.24) is 4.90 Å². The molecule has 0 aliphatic carbocycles. The van der Waals surface area contributed by atoms with Crippen molar-refractivity contribution >= 4 is 5.91 Å². The molecule has 86 valence electrons. The van der Waals surface area contributed by atoms with E-state index in [1.807, 2.05) is 0 Å². The number of amides is 1. The molecule has 1 amide bonds. The van der Waals surface area contributed by atoms with Crippen molar-refractivity contribution < 1.29 is 19.4 Å². The summed E-state index contributed by atoms with van der Waals surface area (Å²) in [6.45, 7) is -0.106. The molecule has 0 unspecified atom stereocenters. The molecular formula is C11H12FNO3. The van der Waals surface area contributed by atoms with E-state index in [2.05, 4.69) is 0 Å². The molecule has 2 rings (SSSR count). The fourth-order valence-electron chi connectivity index (χ4n) is 1.73. The van der Waals surface area contributed by atoms with Gasteiger partial charge in [-0.05, 0) is 18.2 Å². The second-order valence-electron chi connectivity index (χ2n) is 3.84. The highest BCUT2D eigenvalue weighted by Gasteiger charge is 2.34. The minimum absolute atomic E-state index is 0.00431. The number of nitrogens with zero attached hydrogens (tertiary/aromatic N) is 1. The molecule has 16 heavy (non-hydrogen) atoms. The standard InChI is InChI=1S/C11H12FNO3/c12-9-5-13(6-10(9)15)11(16)7-2-1-3-8(14)4-7/h1-4,9-10,14-15H,5-6H2/t9-,10-/m1/s1. The molecule has 0 saturated carbocycles. The van der Waals surface area contributed by atoms with Gasteiger partial charge in [0.2, 0.25) is 0 Å². The maximum Gasteiger partial charge on any atom is 0.254 e. The van der Waals surface area contributed by atoms with Crippen molar-refractivity contribution in [2.24, 2.45) is 0 Å². The summed E-state index contributed by atoms with van der Waals surface area (Å²) >= 11 is 0. The number of alkyl halides is 1. The van der Waals surface area contributed by atoms with Crippen molar-refractivity contribution in [3.63, 3.8) is 0 Å². The number of phenolic OH excluding ortho intramolecular Hbond substituents is 1. The Balaban J connectivity index is 2.14. The van der Waals surface area contributed by atoms with Crippen LogP contribution in [0.2, 0.25) is 0 Å². The topological polar surface area (TPSA) is 60.8 Å². The fourth-order valence-corrected chi connectivity index (χ4v) is 1.73. The molecule has 1 fully saturated rings. The summed E-state index contributed by atoms with van der Waals surface area (Å²) in [4.78, 5) is 13.1. The largest absolute Gasteiger partial charge is 0.508 e. The lowest BCUT2D eigenvalue weighted by atomic mass is 10.2. The lowest BCUT2D eigenvalue weighted by Crippen LogP contribution is -2.29. The molecule has 1 saturated heterocycles. The van der Waals surface area contributed by atoms with Gasteiger partial charge in [-0.25, -0.2) is 4.39 Å². The monoisotopic (exact) mass is 225 g/mol. The molecule has 1 aromatic carbocycles. The van der Waals surface area contributed by atoms with Crippen molar-refractivity contribution in [3.8, 4) is 5.75 Å². The molecule has 0 spiro atoms. The molecule has 1 aliphatic heterocycles. The van der Waals surface area contributed by atoms with E-state index in [4.69, 9.17) is 0 Å². The van der Waals surface area contributed by atoms with E-state index >= 15 is 0 Å². The van der Waals surface area contributed by atoms with Gasteiger partial charge in [-0.1, -0.05) is 6.07 Å². The normalized spacial score (nSPS) is 24.8. The van der Waals surface area contributed by atoms with Crippen LogP contribution in [0.4, 0.5) is 4.39 Å². The number of benzene rings is 1. The van der Waals surface area contributed by atoms with Gasteiger partial charge in [0, 0.05) is 12.1 Å².